The van der Waals surface area contributed by atoms with Crippen molar-refractivity contribution in [2.45, 2.75) is 18.4 Å². The molecule has 3 nitrogen and oxygen atoms in total. The highest BCUT2D eigenvalue weighted by Gasteiger charge is 2.36. The zero-order chi connectivity index (χ0) is 18.1. The fraction of sp³-hybridized carbons (Fsp3) is 0.429. The van der Waals surface area contributed by atoms with Gasteiger partial charge in [0.1, 0.15) is 5.82 Å². The summed E-state index contributed by atoms with van der Waals surface area (Å²) in [5.41, 5.74) is 3.78. The molecule has 1 saturated heterocycles. The number of rotatable bonds is 4. The van der Waals surface area contributed by atoms with Gasteiger partial charge in [-0.15, -0.1) is 24.8 Å². The Bertz CT molecular complexity index is 767. The fourth-order valence-corrected chi connectivity index (χ4v) is 4.61. The third-order valence-corrected chi connectivity index (χ3v) is 6.01. The van der Waals surface area contributed by atoms with E-state index < -0.39 is 0 Å². The highest BCUT2D eigenvalue weighted by molar-refractivity contribution is 6.30. The van der Waals surface area contributed by atoms with Crippen molar-refractivity contribution in [2.24, 2.45) is 0 Å². The predicted octanol–water partition coefficient (Wildman–Crippen LogP) is 4.51. The second-order valence-corrected chi connectivity index (χ2v) is 7.67. The standard InChI is InChI=1S/C21H24ClFN2O.2ClH/c22-16-3-6-18-19(15-1-4-17(23)5-2-15)14-21(20(18)13-16)25-9-7-24(8-10-25)11-12-26;;/h1-6,13,19,21,26H,7-12,14H2;2*1H/t19-,21+;;/m1../s1. The third-order valence-electron chi connectivity index (χ3n) is 5.78. The maximum atomic E-state index is 13.3. The lowest BCUT2D eigenvalue weighted by Crippen LogP contribution is -2.48. The molecule has 28 heavy (non-hydrogen) atoms. The summed E-state index contributed by atoms with van der Waals surface area (Å²) >= 11 is 6.30. The summed E-state index contributed by atoms with van der Waals surface area (Å²) < 4.78 is 13.3. The molecule has 0 radical (unpaired) electrons. The minimum atomic E-state index is -0.195. The maximum absolute atomic E-state index is 13.3. The minimum Gasteiger partial charge on any atom is -0.395 e. The predicted molar refractivity (Wildman–Crippen MR) is 117 cm³/mol. The molecule has 0 spiro atoms. The van der Waals surface area contributed by atoms with Gasteiger partial charge in [-0.3, -0.25) is 9.80 Å². The van der Waals surface area contributed by atoms with E-state index in [0.29, 0.717) is 6.04 Å². The Labute approximate surface area is 183 Å². The summed E-state index contributed by atoms with van der Waals surface area (Å²) in [6.07, 6.45) is 1.00. The van der Waals surface area contributed by atoms with Gasteiger partial charge in [0.25, 0.3) is 0 Å². The third kappa shape index (κ3) is 4.81. The lowest BCUT2D eigenvalue weighted by molar-refractivity contribution is 0.0827. The zero-order valence-electron chi connectivity index (χ0n) is 15.6. The summed E-state index contributed by atoms with van der Waals surface area (Å²) in [6.45, 7) is 4.91. The van der Waals surface area contributed by atoms with Gasteiger partial charge >= 0.3 is 0 Å². The van der Waals surface area contributed by atoms with Crippen molar-refractivity contribution in [3.8, 4) is 0 Å². The molecule has 0 unspecified atom stereocenters. The molecule has 2 aromatic carbocycles. The first-order valence-corrected chi connectivity index (χ1v) is 9.65. The van der Waals surface area contributed by atoms with E-state index in [9.17, 15) is 4.39 Å². The summed E-state index contributed by atoms with van der Waals surface area (Å²) in [6, 6.07) is 13.4. The Kier molecular flexibility index (Phi) is 8.56. The van der Waals surface area contributed by atoms with E-state index >= 15 is 0 Å². The van der Waals surface area contributed by atoms with Gasteiger partial charge in [-0.1, -0.05) is 29.8 Å². The Morgan fingerprint density at radius 2 is 1.64 bits per heavy atom. The van der Waals surface area contributed by atoms with Gasteiger partial charge in [0.15, 0.2) is 0 Å². The van der Waals surface area contributed by atoms with E-state index in [2.05, 4.69) is 21.9 Å². The van der Waals surface area contributed by atoms with E-state index in [4.69, 9.17) is 16.7 Å². The van der Waals surface area contributed by atoms with Crippen molar-refractivity contribution in [1.29, 1.82) is 0 Å². The van der Waals surface area contributed by atoms with Crippen LogP contribution < -0.4 is 0 Å². The van der Waals surface area contributed by atoms with Crippen molar-refractivity contribution >= 4 is 36.4 Å². The van der Waals surface area contributed by atoms with Gasteiger partial charge in [-0.05, 0) is 47.4 Å². The molecule has 2 aromatic rings. The van der Waals surface area contributed by atoms with Crippen LogP contribution in [0, 0.1) is 5.82 Å². The molecule has 0 aromatic heterocycles. The Hall–Kier alpha value is -0.880. The number of nitrogens with zero attached hydrogens (tertiary/aromatic N) is 2. The molecule has 1 fully saturated rings. The lowest BCUT2D eigenvalue weighted by atomic mass is 9.93. The number of aliphatic hydroxyl groups excluding tert-OH is 1. The average molecular weight is 448 g/mol. The monoisotopic (exact) mass is 446 g/mol. The van der Waals surface area contributed by atoms with E-state index in [1.54, 1.807) is 12.1 Å². The number of hydrogen-bond acceptors (Lipinski definition) is 3. The summed E-state index contributed by atoms with van der Waals surface area (Å²) in [7, 11) is 0. The molecule has 2 atom stereocenters. The Morgan fingerprint density at radius 1 is 0.964 bits per heavy atom. The molecule has 0 saturated carbocycles. The van der Waals surface area contributed by atoms with E-state index in [-0.39, 0.29) is 43.2 Å². The second kappa shape index (κ2) is 10.2. The van der Waals surface area contributed by atoms with Crippen LogP contribution in [0.5, 0.6) is 0 Å². The number of halogens is 4. The Balaban J connectivity index is 0.00000140. The molecular weight excluding hydrogens is 422 g/mol. The van der Waals surface area contributed by atoms with Gasteiger partial charge in [-0.2, -0.15) is 0 Å². The van der Waals surface area contributed by atoms with Gasteiger partial charge in [0, 0.05) is 49.7 Å². The second-order valence-electron chi connectivity index (χ2n) is 7.23. The van der Waals surface area contributed by atoms with Gasteiger partial charge in [-0.25, -0.2) is 4.39 Å². The first-order chi connectivity index (χ1) is 12.7. The van der Waals surface area contributed by atoms with E-state index in [0.717, 1.165) is 49.7 Å². The van der Waals surface area contributed by atoms with Crippen LogP contribution in [0.1, 0.15) is 35.1 Å². The molecule has 2 aliphatic rings. The molecular formula is C21H26Cl3FN2O. The van der Waals surface area contributed by atoms with E-state index in [1.165, 1.54) is 11.1 Å². The first kappa shape index (κ1) is 23.4. The van der Waals surface area contributed by atoms with Gasteiger partial charge < -0.3 is 5.11 Å². The largest absolute Gasteiger partial charge is 0.395 e. The topological polar surface area (TPSA) is 26.7 Å². The molecule has 7 heteroatoms. The van der Waals surface area contributed by atoms with Crippen LogP contribution in [0.15, 0.2) is 42.5 Å². The SMILES string of the molecule is Cl.Cl.OCCN1CCN([C@H]2C[C@H](c3ccc(F)cc3)c3ccc(Cl)cc32)CC1. The van der Waals surface area contributed by atoms with Crippen LogP contribution >= 0.6 is 36.4 Å². The number of piperazine rings is 1. The van der Waals surface area contributed by atoms with Gasteiger partial charge in [0.2, 0.25) is 0 Å². The van der Waals surface area contributed by atoms with Crippen LogP contribution in [0.25, 0.3) is 0 Å². The molecule has 0 bridgehead atoms. The zero-order valence-corrected chi connectivity index (χ0v) is 17.9. The lowest BCUT2D eigenvalue weighted by Gasteiger charge is -2.38. The van der Waals surface area contributed by atoms with Crippen molar-refractivity contribution in [1.82, 2.24) is 9.80 Å². The minimum absolute atomic E-state index is 0. The molecule has 1 aliphatic carbocycles. The quantitative estimate of drug-likeness (QED) is 0.747. The first-order valence-electron chi connectivity index (χ1n) is 9.28. The number of hydrogen-bond donors (Lipinski definition) is 1. The molecule has 1 N–H and O–H groups in total. The molecule has 1 aliphatic heterocycles. The van der Waals surface area contributed by atoms with E-state index in [1.807, 2.05) is 18.2 Å². The highest BCUT2D eigenvalue weighted by Crippen LogP contribution is 2.47. The fourth-order valence-electron chi connectivity index (χ4n) is 4.43. The van der Waals surface area contributed by atoms with Crippen LogP contribution in [0.3, 0.4) is 0 Å². The number of β-amino-alcohol motifs (C(OH)–C–C–N with tert-alkyl or cyclic N) is 1. The van der Waals surface area contributed by atoms with Gasteiger partial charge in [0.05, 0.1) is 6.61 Å². The summed E-state index contributed by atoms with van der Waals surface area (Å²) in [5.74, 6) is 0.0861. The molecule has 154 valence electrons. The normalized spacial score (nSPS) is 22.2. The molecule has 0 amide bonds. The van der Waals surface area contributed by atoms with Crippen molar-refractivity contribution < 1.29 is 9.50 Å². The van der Waals surface area contributed by atoms with Crippen LogP contribution in [-0.2, 0) is 0 Å². The number of aliphatic hydroxyl groups is 1. The number of benzene rings is 2. The highest BCUT2D eigenvalue weighted by atomic mass is 35.5. The van der Waals surface area contributed by atoms with Crippen LogP contribution in [-0.4, -0.2) is 54.2 Å². The summed E-state index contributed by atoms with van der Waals surface area (Å²) in [5, 5.41) is 9.91. The maximum Gasteiger partial charge on any atom is 0.123 e. The number of fused-ring (bicyclic) bond motifs is 1. The van der Waals surface area contributed by atoms with Crippen molar-refractivity contribution in [3.05, 3.63) is 70.0 Å². The average Bonchev–Trinajstić information content (AvgIpc) is 3.02. The smallest absolute Gasteiger partial charge is 0.123 e. The van der Waals surface area contributed by atoms with Crippen molar-refractivity contribution in [3.63, 3.8) is 0 Å². The Morgan fingerprint density at radius 3 is 2.29 bits per heavy atom. The molecule has 1 heterocycles. The summed E-state index contributed by atoms with van der Waals surface area (Å²) in [4.78, 5) is 4.84. The van der Waals surface area contributed by atoms with Crippen molar-refractivity contribution in [2.75, 3.05) is 39.3 Å². The molecule has 4 rings (SSSR count). The van der Waals surface area contributed by atoms with Crippen LogP contribution in [0.4, 0.5) is 4.39 Å². The van der Waals surface area contributed by atoms with Crippen LogP contribution in [0.2, 0.25) is 5.02 Å².